The van der Waals surface area contributed by atoms with Gasteiger partial charge in [-0.25, -0.2) is 0 Å². The SMILES string of the molecule is O=C(CCSc1nnc2ccc3ccccc3n12)Nc1cccc(Cl)c1. The van der Waals surface area contributed by atoms with Crippen LogP contribution in [-0.4, -0.2) is 26.3 Å². The van der Waals surface area contributed by atoms with Gasteiger partial charge in [0.25, 0.3) is 0 Å². The Kier molecular flexibility index (Phi) is 4.77. The van der Waals surface area contributed by atoms with Gasteiger partial charge in [-0.05, 0) is 41.8 Å². The topological polar surface area (TPSA) is 59.3 Å². The normalized spacial score (nSPS) is 11.1. The molecule has 26 heavy (non-hydrogen) atoms. The minimum Gasteiger partial charge on any atom is -0.326 e. The lowest BCUT2D eigenvalue weighted by atomic mass is 10.2. The van der Waals surface area contributed by atoms with Gasteiger partial charge in [-0.1, -0.05) is 47.6 Å². The lowest BCUT2D eigenvalue weighted by molar-refractivity contribution is -0.115. The summed E-state index contributed by atoms with van der Waals surface area (Å²) in [6.45, 7) is 0. The van der Waals surface area contributed by atoms with Crippen LogP contribution in [0.25, 0.3) is 16.6 Å². The van der Waals surface area contributed by atoms with Gasteiger partial charge in [0.2, 0.25) is 5.91 Å². The summed E-state index contributed by atoms with van der Waals surface area (Å²) in [5.74, 6) is 0.551. The second-order valence-electron chi connectivity index (χ2n) is 5.73. The summed E-state index contributed by atoms with van der Waals surface area (Å²) in [5, 5.41) is 13.8. The molecule has 0 aliphatic heterocycles. The van der Waals surface area contributed by atoms with Crippen molar-refractivity contribution in [2.75, 3.05) is 11.1 Å². The third kappa shape index (κ3) is 3.52. The maximum Gasteiger partial charge on any atom is 0.225 e. The molecule has 0 aliphatic carbocycles. The number of carbonyl (C=O) groups is 1. The number of hydrogen-bond acceptors (Lipinski definition) is 4. The molecule has 7 heteroatoms. The van der Waals surface area contributed by atoms with Crippen LogP contribution in [0.15, 0.2) is 65.8 Å². The second kappa shape index (κ2) is 7.35. The number of hydrogen-bond donors (Lipinski definition) is 1. The summed E-state index contributed by atoms with van der Waals surface area (Å²) in [6.07, 6.45) is 0.372. The van der Waals surface area contributed by atoms with E-state index in [9.17, 15) is 4.79 Å². The molecular weight excluding hydrogens is 368 g/mol. The molecule has 4 rings (SSSR count). The second-order valence-corrected chi connectivity index (χ2v) is 7.22. The van der Waals surface area contributed by atoms with E-state index >= 15 is 0 Å². The molecule has 0 saturated heterocycles. The fourth-order valence-corrected chi connectivity index (χ4v) is 3.81. The van der Waals surface area contributed by atoms with Crippen LogP contribution in [0.3, 0.4) is 0 Å². The highest BCUT2D eigenvalue weighted by Crippen LogP contribution is 2.23. The highest BCUT2D eigenvalue weighted by molar-refractivity contribution is 7.99. The monoisotopic (exact) mass is 382 g/mol. The first kappa shape index (κ1) is 16.9. The Morgan fingerprint density at radius 3 is 2.85 bits per heavy atom. The van der Waals surface area contributed by atoms with Crippen molar-refractivity contribution >= 4 is 51.5 Å². The number of pyridine rings is 1. The third-order valence-electron chi connectivity index (χ3n) is 3.92. The van der Waals surface area contributed by atoms with E-state index < -0.39 is 0 Å². The standard InChI is InChI=1S/C19H15ClN4OS/c20-14-5-3-6-15(12-14)21-18(25)10-11-26-19-23-22-17-9-8-13-4-1-2-7-16(13)24(17)19/h1-9,12H,10-11H2,(H,21,25). The lowest BCUT2D eigenvalue weighted by Gasteiger charge is -2.06. The molecule has 4 aromatic rings. The Bertz CT molecular complexity index is 1100. The number of para-hydroxylation sites is 1. The minimum absolute atomic E-state index is 0.0570. The van der Waals surface area contributed by atoms with Crippen LogP contribution in [0.4, 0.5) is 5.69 Å². The Balaban J connectivity index is 1.45. The highest BCUT2D eigenvalue weighted by atomic mass is 35.5. The van der Waals surface area contributed by atoms with Crippen LogP contribution in [0.2, 0.25) is 5.02 Å². The Hall–Kier alpha value is -2.57. The highest BCUT2D eigenvalue weighted by Gasteiger charge is 2.10. The quantitative estimate of drug-likeness (QED) is 0.510. The fourth-order valence-electron chi connectivity index (χ4n) is 2.73. The third-order valence-corrected chi connectivity index (χ3v) is 5.08. The van der Waals surface area contributed by atoms with Crippen molar-refractivity contribution in [3.8, 4) is 0 Å². The predicted molar refractivity (Wildman–Crippen MR) is 106 cm³/mol. The Morgan fingerprint density at radius 1 is 1.08 bits per heavy atom. The van der Waals surface area contributed by atoms with Crippen molar-refractivity contribution in [2.45, 2.75) is 11.6 Å². The average molecular weight is 383 g/mol. The number of fused-ring (bicyclic) bond motifs is 3. The van der Waals surface area contributed by atoms with Crippen molar-refractivity contribution in [2.24, 2.45) is 0 Å². The van der Waals surface area contributed by atoms with Crippen molar-refractivity contribution < 1.29 is 4.79 Å². The summed E-state index contributed by atoms with van der Waals surface area (Å²) in [6, 6.07) is 19.2. The van der Waals surface area contributed by atoms with Crippen molar-refractivity contribution in [3.05, 3.63) is 65.7 Å². The average Bonchev–Trinajstić information content (AvgIpc) is 3.05. The van der Waals surface area contributed by atoms with Gasteiger partial charge in [-0.2, -0.15) is 0 Å². The zero-order chi connectivity index (χ0) is 17.9. The number of benzene rings is 2. The zero-order valence-electron chi connectivity index (χ0n) is 13.7. The number of amides is 1. The van der Waals surface area contributed by atoms with E-state index in [4.69, 9.17) is 11.6 Å². The summed E-state index contributed by atoms with van der Waals surface area (Å²) >= 11 is 7.45. The molecule has 2 aromatic heterocycles. The molecule has 0 unspecified atom stereocenters. The van der Waals surface area contributed by atoms with Crippen LogP contribution < -0.4 is 5.32 Å². The molecule has 1 N–H and O–H groups in total. The maximum absolute atomic E-state index is 12.1. The van der Waals surface area contributed by atoms with Crippen LogP contribution in [0.5, 0.6) is 0 Å². The number of rotatable bonds is 5. The van der Waals surface area contributed by atoms with Crippen LogP contribution in [0.1, 0.15) is 6.42 Å². The summed E-state index contributed by atoms with van der Waals surface area (Å²) < 4.78 is 2.02. The van der Waals surface area contributed by atoms with Crippen molar-refractivity contribution in [1.82, 2.24) is 14.6 Å². The molecule has 0 radical (unpaired) electrons. The number of nitrogens with one attached hydrogen (secondary N) is 1. The fraction of sp³-hybridized carbons (Fsp3) is 0.105. The molecule has 1 amide bonds. The van der Waals surface area contributed by atoms with Gasteiger partial charge in [0.05, 0.1) is 5.52 Å². The lowest BCUT2D eigenvalue weighted by Crippen LogP contribution is -2.12. The van der Waals surface area contributed by atoms with Crippen molar-refractivity contribution in [3.63, 3.8) is 0 Å². The van der Waals surface area contributed by atoms with Gasteiger partial charge >= 0.3 is 0 Å². The molecule has 0 spiro atoms. The molecule has 2 aromatic carbocycles. The van der Waals surface area contributed by atoms with Gasteiger partial charge < -0.3 is 5.32 Å². The zero-order valence-corrected chi connectivity index (χ0v) is 15.3. The Labute approximate surface area is 159 Å². The van der Waals surface area contributed by atoms with Gasteiger partial charge in [0, 0.05) is 22.9 Å². The molecule has 2 heterocycles. The number of carbonyl (C=O) groups excluding carboxylic acids is 1. The van der Waals surface area contributed by atoms with Crippen LogP contribution >= 0.6 is 23.4 Å². The van der Waals surface area contributed by atoms with Gasteiger partial charge in [0.15, 0.2) is 10.8 Å². The number of aromatic nitrogens is 3. The maximum atomic E-state index is 12.1. The van der Waals surface area contributed by atoms with Gasteiger partial charge in [-0.15, -0.1) is 10.2 Å². The van der Waals surface area contributed by atoms with Crippen LogP contribution in [-0.2, 0) is 4.79 Å². The van der Waals surface area contributed by atoms with Crippen LogP contribution in [0, 0.1) is 0 Å². The van der Waals surface area contributed by atoms with Gasteiger partial charge in [-0.3, -0.25) is 9.20 Å². The van der Waals surface area contributed by atoms with E-state index in [1.165, 1.54) is 11.8 Å². The number of thioether (sulfide) groups is 1. The molecule has 0 atom stereocenters. The van der Waals surface area contributed by atoms with E-state index in [1.54, 1.807) is 18.2 Å². The first-order valence-corrected chi connectivity index (χ1v) is 9.48. The molecular formula is C19H15ClN4OS. The number of halogens is 1. The summed E-state index contributed by atoms with van der Waals surface area (Å²) in [7, 11) is 0. The summed E-state index contributed by atoms with van der Waals surface area (Å²) in [5.41, 5.74) is 2.56. The van der Waals surface area contributed by atoms with Crippen molar-refractivity contribution in [1.29, 1.82) is 0 Å². The van der Waals surface area contributed by atoms with Gasteiger partial charge in [0.1, 0.15) is 0 Å². The van der Waals surface area contributed by atoms with E-state index in [1.807, 2.05) is 40.8 Å². The molecule has 0 saturated carbocycles. The molecule has 130 valence electrons. The first-order valence-electron chi connectivity index (χ1n) is 8.12. The summed E-state index contributed by atoms with van der Waals surface area (Å²) in [4.78, 5) is 12.1. The molecule has 0 aliphatic rings. The van der Waals surface area contributed by atoms with E-state index in [0.29, 0.717) is 22.9 Å². The van der Waals surface area contributed by atoms with E-state index in [0.717, 1.165) is 21.7 Å². The molecule has 0 bridgehead atoms. The number of anilines is 1. The molecule has 0 fully saturated rings. The number of nitrogens with zero attached hydrogens (tertiary/aromatic N) is 3. The smallest absolute Gasteiger partial charge is 0.225 e. The molecule has 5 nitrogen and oxygen atoms in total. The largest absolute Gasteiger partial charge is 0.326 e. The van der Waals surface area contributed by atoms with E-state index in [-0.39, 0.29) is 5.91 Å². The minimum atomic E-state index is -0.0570. The predicted octanol–water partition coefficient (Wildman–Crippen LogP) is 4.66. The Morgan fingerprint density at radius 2 is 1.96 bits per heavy atom. The van der Waals surface area contributed by atoms with E-state index in [2.05, 4.69) is 21.6 Å². The first-order chi connectivity index (χ1) is 12.7.